The number of carbonyl (C=O) groups excluding carboxylic acids is 1. The van der Waals surface area contributed by atoms with Crippen LogP contribution in [-0.2, 0) is 4.79 Å². The van der Waals surface area contributed by atoms with Gasteiger partial charge in [0.25, 0.3) is 5.69 Å². The fourth-order valence-corrected chi connectivity index (χ4v) is 4.86. The predicted molar refractivity (Wildman–Crippen MR) is 157 cm³/mol. The summed E-state index contributed by atoms with van der Waals surface area (Å²) in [6, 6.07) is 21.2. The van der Waals surface area contributed by atoms with Gasteiger partial charge in [0.15, 0.2) is 11.5 Å². The fraction of sp³-hybridized carbons (Fsp3) is 0.167. The highest BCUT2D eigenvalue weighted by Crippen LogP contribution is 2.38. The van der Waals surface area contributed by atoms with E-state index in [1.54, 1.807) is 19.2 Å². The van der Waals surface area contributed by atoms with Gasteiger partial charge in [-0.05, 0) is 36.8 Å². The van der Waals surface area contributed by atoms with Gasteiger partial charge in [0.2, 0.25) is 5.91 Å². The minimum atomic E-state index is -0.546. The van der Waals surface area contributed by atoms with Crippen molar-refractivity contribution >= 4 is 29.0 Å². The third-order valence-corrected chi connectivity index (χ3v) is 7.13. The number of benzene rings is 3. The van der Waals surface area contributed by atoms with E-state index >= 15 is 0 Å². The van der Waals surface area contributed by atoms with E-state index in [9.17, 15) is 20.2 Å². The molecule has 1 aromatic heterocycles. The van der Waals surface area contributed by atoms with Crippen molar-refractivity contribution in [2.75, 3.05) is 32.4 Å². The lowest BCUT2D eigenvalue weighted by Gasteiger charge is -2.15. The number of ether oxygens (including phenoxy) is 3. The molecule has 4 rings (SSSR count). The van der Waals surface area contributed by atoms with Crippen molar-refractivity contribution in [2.24, 2.45) is 0 Å². The zero-order valence-electron chi connectivity index (χ0n) is 22.8. The molecule has 1 N–H and O–H groups in total. The standard InChI is InChI=1S/C30H26N4O6S/c1-18-5-7-19(8-6-18)25-15-22(20-9-12-26(38-2)28(13-20)40-4)23(16-31)30(33-25)41-17-29(35)32-24-11-10-21(34(36)37)14-27(24)39-3/h5-15H,17H2,1-4H3,(H,32,35). The number of carbonyl (C=O) groups is 1. The predicted octanol–water partition coefficient (Wildman–Crippen LogP) is 6.26. The van der Waals surface area contributed by atoms with E-state index in [-0.39, 0.29) is 22.9 Å². The number of nitro benzene ring substituents is 1. The summed E-state index contributed by atoms with van der Waals surface area (Å²) in [5.41, 5.74) is 4.35. The first-order valence-electron chi connectivity index (χ1n) is 12.3. The number of non-ortho nitro benzene ring substituents is 1. The van der Waals surface area contributed by atoms with Gasteiger partial charge >= 0.3 is 0 Å². The summed E-state index contributed by atoms with van der Waals surface area (Å²) in [6.45, 7) is 1.99. The van der Waals surface area contributed by atoms with Gasteiger partial charge in [-0.1, -0.05) is 47.7 Å². The second kappa shape index (κ2) is 12.8. The van der Waals surface area contributed by atoms with Crippen LogP contribution in [0.5, 0.6) is 17.2 Å². The maximum Gasteiger partial charge on any atom is 0.273 e. The lowest BCUT2D eigenvalue weighted by atomic mass is 9.98. The normalized spacial score (nSPS) is 10.4. The number of hydrogen-bond donors (Lipinski definition) is 1. The first kappa shape index (κ1) is 28.9. The van der Waals surface area contributed by atoms with Crippen molar-refractivity contribution in [1.29, 1.82) is 5.26 Å². The van der Waals surface area contributed by atoms with Gasteiger partial charge in [0.05, 0.1) is 55.0 Å². The highest BCUT2D eigenvalue weighted by atomic mass is 32.2. The van der Waals surface area contributed by atoms with Crippen LogP contribution in [0.1, 0.15) is 11.1 Å². The largest absolute Gasteiger partial charge is 0.494 e. The molecule has 11 heteroatoms. The number of nitriles is 1. The Kier molecular flexibility index (Phi) is 9.06. The van der Waals surface area contributed by atoms with Crippen LogP contribution in [0.25, 0.3) is 22.4 Å². The molecule has 0 aliphatic heterocycles. The smallest absolute Gasteiger partial charge is 0.273 e. The number of aromatic nitrogens is 1. The second-order valence-electron chi connectivity index (χ2n) is 8.76. The van der Waals surface area contributed by atoms with Gasteiger partial charge in [-0.15, -0.1) is 0 Å². The number of rotatable bonds is 10. The molecule has 1 amide bonds. The first-order chi connectivity index (χ1) is 19.8. The number of aryl methyl sites for hydroxylation is 1. The molecule has 0 aliphatic rings. The van der Waals surface area contributed by atoms with Gasteiger partial charge in [-0.3, -0.25) is 14.9 Å². The molecule has 1 heterocycles. The number of hydrogen-bond acceptors (Lipinski definition) is 9. The molecule has 0 radical (unpaired) electrons. The highest BCUT2D eigenvalue weighted by Gasteiger charge is 2.19. The van der Waals surface area contributed by atoms with Gasteiger partial charge in [0.1, 0.15) is 16.8 Å². The number of nitrogens with one attached hydrogen (secondary N) is 1. The van der Waals surface area contributed by atoms with E-state index in [1.165, 1.54) is 32.4 Å². The Hall–Kier alpha value is -5.08. The maximum absolute atomic E-state index is 12.9. The third-order valence-electron chi connectivity index (χ3n) is 6.15. The van der Waals surface area contributed by atoms with Crippen molar-refractivity contribution in [2.45, 2.75) is 11.9 Å². The lowest BCUT2D eigenvalue weighted by molar-refractivity contribution is -0.384. The summed E-state index contributed by atoms with van der Waals surface area (Å²) in [7, 11) is 4.45. The number of pyridine rings is 1. The molecular weight excluding hydrogens is 544 g/mol. The minimum Gasteiger partial charge on any atom is -0.494 e. The van der Waals surface area contributed by atoms with E-state index in [1.807, 2.05) is 43.3 Å². The van der Waals surface area contributed by atoms with E-state index in [0.717, 1.165) is 28.5 Å². The Morgan fingerprint density at radius 3 is 2.27 bits per heavy atom. The molecule has 41 heavy (non-hydrogen) atoms. The average molecular weight is 571 g/mol. The van der Waals surface area contributed by atoms with Crippen molar-refractivity contribution < 1.29 is 23.9 Å². The van der Waals surface area contributed by atoms with Crippen molar-refractivity contribution in [3.63, 3.8) is 0 Å². The van der Waals surface area contributed by atoms with E-state index in [2.05, 4.69) is 11.4 Å². The van der Waals surface area contributed by atoms with Crippen LogP contribution in [0.4, 0.5) is 11.4 Å². The molecular formula is C30H26N4O6S. The molecule has 0 atom stereocenters. The summed E-state index contributed by atoms with van der Waals surface area (Å²) in [4.78, 5) is 28.2. The summed E-state index contributed by atoms with van der Waals surface area (Å²) < 4.78 is 16.1. The Morgan fingerprint density at radius 1 is 0.951 bits per heavy atom. The maximum atomic E-state index is 12.9. The molecule has 0 saturated heterocycles. The van der Waals surface area contributed by atoms with Crippen LogP contribution in [0.3, 0.4) is 0 Å². The molecule has 0 aliphatic carbocycles. The Bertz CT molecular complexity index is 1650. The SMILES string of the molecule is COc1cc([N+](=O)[O-])ccc1NC(=O)CSc1nc(-c2ccc(C)cc2)cc(-c2ccc(OC)c(OC)c2)c1C#N. The van der Waals surface area contributed by atoms with Gasteiger partial charge < -0.3 is 19.5 Å². The number of thioether (sulfide) groups is 1. The van der Waals surface area contributed by atoms with Gasteiger partial charge in [0, 0.05) is 17.2 Å². The third kappa shape index (κ3) is 6.57. The Balaban J connectivity index is 1.71. The van der Waals surface area contributed by atoms with Crippen LogP contribution in [0.15, 0.2) is 71.8 Å². The topological polar surface area (TPSA) is 137 Å². The Labute approximate surface area is 241 Å². The quantitative estimate of drug-likeness (QED) is 0.133. The molecule has 3 aromatic carbocycles. The zero-order valence-corrected chi connectivity index (χ0v) is 23.6. The van der Waals surface area contributed by atoms with Crippen LogP contribution < -0.4 is 19.5 Å². The van der Waals surface area contributed by atoms with Crippen LogP contribution in [0.2, 0.25) is 0 Å². The molecule has 0 unspecified atom stereocenters. The first-order valence-corrected chi connectivity index (χ1v) is 13.3. The number of methoxy groups -OCH3 is 3. The monoisotopic (exact) mass is 570 g/mol. The molecule has 0 spiro atoms. The molecule has 0 fully saturated rings. The molecule has 0 bridgehead atoms. The Morgan fingerprint density at radius 2 is 1.63 bits per heavy atom. The van der Waals surface area contributed by atoms with Gasteiger partial charge in [-0.25, -0.2) is 4.98 Å². The molecule has 10 nitrogen and oxygen atoms in total. The zero-order chi connectivity index (χ0) is 29.5. The van der Waals surface area contributed by atoms with Crippen LogP contribution >= 0.6 is 11.8 Å². The van der Waals surface area contributed by atoms with E-state index in [4.69, 9.17) is 19.2 Å². The summed E-state index contributed by atoms with van der Waals surface area (Å²) >= 11 is 1.11. The van der Waals surface area contributed by atoms with E-state index < -0.39 is 10.8 Å². The fourth-order valence-electron chi connectivity index (χ4n) is 4.05. The lowest BCUT2D eigenvalue weighted by Crippen LogP contribution is -2.15. The van der Waals surface area contributed by atoms with Crippen molar-refractivity contribution in [1.82, 2.24) is 4.98 Å². The minimum absolute atomic E-state index is 0.0788. The van der Waals surface area contributed by atoms with Crippen molar-refractivity contribution in [3.05, 3.63) is 88.0 Å². The average Bonchev–Trinajstić information content (AvgIpc) is 2.99. The summed E-state index contributed by atoms with van der Waals surface area (Å²) in [5.74, 6) is 0.736. The van der Waals surface area contributed by atoms with Gasteiger partial charge in [-0.2, -0.15) is 5.26 Å². The van der Waals surface area contributed by atoms with Crippen LogP contribution in [-0.4, -0.2) is 42.9 Å². The molecule has 4 aromatic rings. The number of nitrogens with zero attached hydrogens (tertiary/aromatic N) is 3. The number of amides is 1. The van der Waals surface area contributed by atoms with E-state index in [0.29, 0.717) is 33.3 Å². The summed E-state index contributed by atoms with van der Waals surface area (Å²) in [5, 5.41) is 24.4. The summed E-state index contributed by atoms with van der Waals surface area (Å²) in [6.07, 6.45) is 0. The van der Waals surface area contributed by atoms with Crippen molar-refractivity contribution in [3.8, 4) is 45.7 Å². The molecule has 208 valence electrons. The van der Waals surface area contributed by atoms with Crippen LogP contribution in [0, 0.1) is 28.4 Å². The second-order valence-corrected chi connectivity index (χ2v) is 9.73. The number of anilines is 1. The number of nitro groups is 1. The highest BCUT2D eigenvalue weighted by molar-refractivity contribution is 8.00. The molecule has 0 saturated carbocycles.